The number of nitrogens with zero attached hydrogens (tertiary/aromatic N) is 1. The minimum absolute atomic E-state index is 0.224. The highest BCUT2D eigenvalue weighted by Gasteiger charge is 2.17. The molecule has 0 spiro atoms. The fourth-order valence-corrected chi connectivity index (χ4v) is 2.03. The van der Waals surface area contributed by atoms with Crippen molar-refractivity contribution in [1.29, 1.82) is 0 Å². The highest BCUT2D eigenvalue weighted by molar-refractivity contribution is 7.09. The van der Waals surface area contributed by atoms with Crippen molar-refractivity contribution in [3.05, 3.63) is 16.1 Å². The first-order chi connectivity index (χ1) is 9.81. The number of aromatic nitrogens is 1. The molecule has 6 nitrogen and oxygen atoms in total. The standard InChI is InChI=1S/C14H22N2O4S/c1-5-6-7-19-12(17)10-9-21-11(16-10)8-15-13(18)20-14(2,3)4/h9H,5-8H2,1-4H3,(H,15,18). The molecule has 1 heterocycles. The van der Waals surface area contributed by atoms with Gasteiger partial charge in [-0.2, -0.15) is 0 Å². The van der Waals surface area contributed by atoms with E-state index in [1.807, 2.05) is 6.92 Å². The van der Waals surface area contributed by atoms with Crippen molar-refractivity contribution in [1.82, 2.24) is 10.3 Å². The summed E-state index contributed by atoms with van der Waals surface area (Å²) in [7, 11) is 0. The smallest absolute Gasteiger partial charge is 0.408 e. The van der Waals surface area contributed by atoms with Gasteiger partial charge in [0, 0.05) is 5.38 Å². The Labute approximate surface area is 128 Å². The molecule has 0 saturated carbocycles. The summed E-state index contributed by atoms with van der Waals surface area (Å²) in [5.74, 6) is -0.428. The lowest BCUT2D eigenvalue weighted by Crippen LogP contribution is -2.32. The van der Waals surface area contributed by atoms with Crippen LogP contribution in [0.15, 0.2) is 5.38 Å². The number of alkyl carbamates (subject to hydrolysis) is 1. The Morgan fingerprint density at radius 1 is 1.38 bits per heavy atom. The predicted octanol–water partition coefficient (Wildman–Crippen LogP) is 3.12. The molecule has 7 heteroatoms. The molecule has 118 valence electrons. The van der Waals surface area contributed by atoms with Gasteiger partial charge in [0.05, 0.1) is 13.2 Å². The lowest BCUT2D eigenvalue weighted by Gasteiger charge is -2.19. The third-order valence-electron chi connectivity index (χ3n) is 2.27. The molecule has 1 N–H and O–H groups in total. The van der Waals surface area contributed by atoms with Crippen LogP contribution in [0.3, 0.4) is 0 Å². The fraction of sp³-hybridized carbons (Fsp3) is 0.643. The number of esters is 1. The number of hydrogen-bond acceptors (Lipinski definition) is 6. The Morgan fingerprint density at radius 2 is 2.10 bits per heavy atom. The van der Waals surface area contributed by atoms with Gasteiger partial charge in [-0.25, -0.2) is 14.6 Å². The van der Waals surface area contributed by atoms with E-state index >= 15 is 0 Å². The second kappa shape index (κ2) is 7.97. The van der Waals surface area contributed by atoms with Crippen LogP contribution in [0.4, 0.5) is 4.79 Å². The van der Waals surface area contributed by atoms with Gasteiger partial charge in [-0.05, 0) is 27.2 Å². The SMILES string of the molecule is CCCCOC(=O)c1csc(CNC(=O)OC(C)(C)C)n1. The van der Waals surface area contributed by atoms with Crippen LogP contribution in [-0.4, -0.2) is 29.3 Å². The zero-order valence-electron chi connectivity index (χ0n) is 12.9. The third-order valence-corrected chi connectivity index (χ3v) is 3.12. The largest absolute Gasteiger partial charge is 0.461 e. The maximum Gasteiger partial charge on any atom is 0.408 e. The fourth-order valence-electron chi connectivity index (χ4n) is 1.33. The molecule has 0 aliphatic rings. The van der Waals surface area contributed by atoms with Crippen LogP contribution in [0, 0.1) is 0 Å². The van der Waals surface area contributed by atoms with Crippen LogP contribution in [-0.2, 0) is 16.0 Å². The molecular weight excluding hydrogens is 292 g/mol. The minimum Gasteiger partial charge on any atom is -0.461 e. The molecule has 1 aromatic rings. The second-order valence-electron chi connectivity index (χ2n) is 5.47. The number of carbonyl (C=O) groups is 2. The van der Waals surface area contributed by atoms with Gasteiger partial charge < -0.3 is 14.8 Å². The topological polar surface area (TPSA) is 77.5 Å². The molecule has 1 rings (SSSR count). The van der Waals surface area contributed by atoms with Gasteiger partial charge in [0.2, 0.25) is 0 Å². The summed E-state index contributed by atoms with van der Waals surface area (Å²) in [4.78, 5) is 27.3. The molecule has 21 heavy (non-hydrogen) atoms. The van der Waals surface area contributed by atoms with Crippen molar-refractivity contribution < 1.29 is 19.1 Å². The van der Waals surface area contributed by atoms with Crippen molar-refractivity contribution in [3.63, 3.8) is 0 Å². The molecule has 1 amide bonds. The Morgan fingerprint density at radius 3 is 2.71 bits per heavy atom. The molecule has 0 radical (unpaired) electrons. The van der Waals surface area contributed by atoms with Crippen molar-refractivity contribution in [2.24, 2.45) is 0 Å². The highest BCUT2D eigenvalue weighted by Crippen LogP contribution is 2.12. The van der Waals surface area contributed by atoms with Crippen molar-refractivity contribution in [3.8, 4) is 0 Å². The molecule has 0 aliphatic heterocycles. The van der Waals surface area contributed by atoms with Crippen LogP contribution in [0.25, 0.3) is 0 Å². The average molecular weight is 314 g/mol. The van der Waals surface area contributed by atoms with Gasteiger partial charge in [-0.1, -0.05) is 13.3 Å². The Hall–Kier alpha value is -1.63. The third kappa shape index (κ3) is 7.08. The zero-order valence-corrected chi connectivity index (χ0v) is 13.7. The van der Waals surface area contributed by atoms with E-state index < -0.39 is 17.7 Å². The second-order valence-corrected chi connectivity index (χ2v) is 6.41. The number of thiazole rings is 1. The first kappa shape index (κ1) is 17.4. The van der Waals surface area contributed by atoms with Gasteiger partial charge >= 0.3 is 12.1 Å². The quantitative estimate of drug-likeness (QED) is 0.645. The summed E-state index contributed by atoms with van der Waals surface area (Å²) in [6.07, 6.45) is 1.29. The number of unbranched alkanes of at least 4 members (excludes halogenated alkanes) is 1. The van der Waals surface area contributed by atoms with Gasteiger partial charge in [0.15, 0.2) is 5.69 Å². The normalized spacial score (nSPS) is 11.0. The first-order valence-corrected chi connectivity index (χ1v) is 7.78. The van der Waals surface area contributed by atoms with Crippen molar-refractivity contribution in [2.75, 3.05) is 6.61 Å². The molecular formula is C14H22N2O4S. The summed E-state index contributed by atoms with van der Waals surface area (Å²) in [6, 6.07) is 0. The summed E-state index contributed by atoms with van der Waals surface area (Å²) < 4.78 is 10.2. The summed E-state index contributed by atoms with van der Waals surface area (Å²) in [5.41, 5.74) is -0.265. The van der Waals surface area contributed by atoms with Crippen molar-refractivity contribution in [2.45, 2.75) is 52.7 Å². The van der Waals surface area contributed by atoms with E-state index in [0.717, 1.165) is 12.8 Å². The summed E-state index contributed by atoms with van der Waals surface area (Å²) >= 11 is 1.29. The molecule has 0 aromatic carbocycles. The molecule has 0 bridgehead atoms. The van der Waals surface area contributed by atoms with Gasteiger partial charge in [-0.3, -0.25) is 0 Å². The van der Waals surface area contributed by atoms with E-state index in [1.54, 1.807) is 26.2 Å². The van der Waals surface area contributed by atoms with E-state index in [0.29, 0.717) is 11.6 Å². The lowest BCUT2D eigenvalue weighted by atomic mass is 10.2. The van der Waals surface area contributed by atoms with E-state index in [9.17, 15) is 9.59 Å². The molecule has 1 aromatic heterocycles. The number of nitrogens with one attached hydrogen (secondary N) is 1. The van der Waals surface area contributed by atoms with Crippen molar-refractivity contribution >= 4 is 23.4 Å². The molecule has 0 aliphatic carbocycles. The molecule has 0 saturated heterocycles. The van der Waals surface area contributed by atoms with Gasteiger partial charge in [-0.15, -0.1) is 11.3 Å². The van der Waals surface area contributed by atoms with Gasteiger partial charge in [0.1, 0.15) is 10.6 Å². The van der Waals surface area contributed by atoms with Crippen LogP contribution < -0.4 is 5.32 Å². The molecule has 0 unspecified atom stereocenters. The number of amides is 1. The first-order valence-electron chi connectivity index (χ1n) is 6.90. The van der Waals surface area contributed by atoms with Crippen LogP contribution in [0.1, 0.15) is 56.0 Å². The predicted molar refractivity (Wildman–Crippen MR) is 80.4 cm³/mol. The number of carbonyl (C=O) groups excluding carboxylic acids is 2. The maximum absolute atomic E-state index is 11.7. The Bertz CT molecular complexity index is 480. The molecule has 0 atom stereocenters. The highest BCUT2D eigenvalue weighted by atomic mass is 32.1. The summed E-state index contributed by atoms with van der Waals surface area (Å²) in [5, 5.41) is 4.85. The number of ether oxygens (including phenoxy) is 2. The van der Waals surface area contributed by atoms with E-state index in [1.165, 1.54) is 11.3 Å². The number of hydrogen-bond donors (Lipinski definition) is 1. The Balaban J connectivity index is 2.41. The van der Waals surface area contributed by atoms with E-state index in [-0.39, 0.29) is 12.2 Å². The zero-order chi connectivity index (χ0) is 15.9. The maximum atomic E-state index is 11.7. The molecule has 0 fully saturated rings. The minimum atomic E-state index is -0.540. The monoisotopic (exact) mass is 314 g/mol. The summed E-state index contributed by atoms with van der Waals surface area (Å²) in [6.45, 7) is 8.03. The van der Waals surface area contributed by atoms with E-state index in [2.05, 4.69) is 10.3 Å². The van der Waals surface area contributed by atoms with E-state index in [4.69, 9.17) is 9.47 Å². The Kier molecular flexibility index (Phi) is 6.61. The van der Waals surface area contributed by atoms with Crippen LogP contribution in [0.5, 0.6) is 0 Å². The van der Waals surface area contributed by atoms with Crippen LogP contribution >= 0.6 is 11.3 Å². The number of rotatable bonds is 6. The lowest BCUT2D eigenvalue weighted by molar-refractivity contribution is 0.0492. The average Bonchev–Trinajstić information content (AvgIpc) is 2.83. The van der Waals surface area contributed by atoms with Crippen LogP contribution in [0.2, 0.25) is 0 Å². The van der Waals surface area contributed by atoms with Gasteiger partial charge in [0.25, 0.3) is 0 Å².